The van der Waals surface area contributed by atoms with E-state index in [-0.39, 0.29) is 29.5 Å². The molecule has 0 bridgehead atoms. The van der Waals surface area contributed by atoms with Gasteiger partial charge in [-0.2, -0.15) is 17.6 Å². The molecule has 0 aromatic carbocycles. The van der Waals surface area contributed by atoms with Crippen molar-refractivity contribution in [2.24, 2.45) is 11.8 Å². The SMILES string of the molecule is C#CC#CC#CC#CC#CC#CC#CC#CC#CC#CC#CC#CC#CC#CC#CC#CC#CC#CC#CC#CC#CC#CC#CC#CC#CC#CC#CC#CC#CC#CC#CC#CC#C.Nc1cnc(NCC2CCC(Nc3ccc4ccnc(OC(F)F)c4n3)CC2)nc1.O=[N+]([O-])c1cnc(NCC2CCC(Nc3ccc4ccnc(OC(F)F)c4n3)CC2)nc1. The standard InChI is InChI=1S/C66H2.C20H21F2N7O3.C20H23F2N7O/c1-3-5-7-9-11-13-15-17-19-21-23-25-27-29-31-33-35-37-39-41-43-45-47-49-51-53-55-57-59-61-63-65-66-64-62-60-58-56-54-52-50-48-46-44-42-40-38-36-34-32-30-28-26-24-22-20-18-16-14-12-10-8-6-4-2;21-19(22)32-18-17-13(7-8-23-18)3-6-16(28-17)27-14-4-1-12(2-5-14)9-24-20-25-10-15(11-26-20)29(30)31;21-19(22)30-18-17-13(7-8-24-18)3-6-16(29-17)28-15-4-1-12(2-5-15)9-25-20-26-10-14(23)11-27-20/h1-2H;3,6-8,10-12,14,19H,1-2,4-5,9H2,(H,27,28)(H,24,25,26);3,6-8,10-12,15,19H,1-2,4-5,9,23H2,(H,28,29)(H,25,26,27). The van der Waals surface area contributed by atoms with Crippen LogP contribution in [0.15, 0.2) is 73.6 Å². The molecule has 0 aliphatic heterocycles. The predicted octanol–water partition coefficient (Wildman–Crippen LogP) is 8.06. The molecule has 0 amide bonds. The number of pyridine rings is 4. The van der Waals surface area contributed by atoms with Gasteiger partial charge in [-0.25, -0.2) is 39.9 Å². The van der Waals surface area contributed by atoms with Gasteiger partial charge in [-0.1, -0.05) is 0 Å². The van der Waals surface area contributed by atoms with Crippen molar-refractivity contribution in [3.05, 3.63) is 83.7 Å². The predicted molar refractivity (Wildman–Crippen MR) is 482 cm³/mol. The van der Waals surface area contributed by atoms with E-state index in [4.69, 9.17) is 18.6 Å². The number of nitrogens with two attached hydrogens (primary N) is 1. The Morgan fingerprint density at radius 3 is 0.789 bits per heavy atom. The second-order valence-electron chi connectivity index (χ2n) is 22.9. The van der Waals surface area contributed by atoms with Crippen molar-refractivity contribution in [1.29, 1.82) is 0 Å². The molecule has 0 radical (unpaired) electrons. The molecule has 0 saturated heterocycles. The Morgan fingerprint density at radius 2 is 0.570 bits per heavy atom. The Bertz CT molecular complexity index is 7300. The zero-order valence-electron chi connectivity index (χ0n) is 66.4. The molecule has 6 aromatic heterocycles. The van der Waals surface area contributed by atoms with Crippen LogP contribution in [0.4, 0.5) is 52.5 Å². The van der Waals surface area contributed by atoms with Crippen LogP contribution in [0.5, 0.6) is 11.8 Å². The summed E-state index contributed by atoms with van der Waals surface area (Å²) in [6.07, 6.45) is 26.1. The molecule has 2 fully saturated rings. The number of terminal acetylenes is 2. The van der Waals surface area contributed by atoms with Gasteiger partial charge in [-0.05, 0) is 194 Å². The first-order valence-corrected chi connectivity index (χ1v) is 36.3. The number of alkyl halides is 4. The number of hydrogen-bond acceptors (Lipinski definition) is 17. The topological polar surface area (TPSA) is 239 Å². The highest BCUT2D eigenvalue weighted by molar-refractivity contribution is 5.85. The number of aromatic nitrogens is 8. The average Bonchev–Trinajstić information content (AvgIpc) is 0.812. The van der Waals surface area contributed by atoms with Crippen molar-refractivity contribution >= 4 is 56.7 Å². The average molecular weight is 1660 g/mol. The lowest BCUT2D eigenvalue weighted by atomic mass is 9.86. The van der Waals surface area contributed by atoms with E-state index in [1.807, 2.05) is 18.2 Å². The molecule has 6 N–H and O–H groups in total. The molecule has 0 unspecified atom stereocenters. The van der Waals surface area contributed by atoms with Crippen LogP contribution < -0.4 is 36.5 Å². The first-order valence-electron chi connectivity index (χ1n) is 36.3. The summed E-state index contributed by atoms with van der Waals surface area (Å²) in [6, 6.07) is 11.2. The van der Waals surface area contributed by atoms with E-state index in [2.05, 4.69) is 450 Å². The number of anilines is 5. The van der Waals surface area contributed by atoms with Crippen LogP contribution in [0.2, 0.25) is 0 Å². The largest absolute Gasteiger partial charge is 0.415 e. The zero-order chi connectivity index (χ0) is 90.7. The molecule has 2 aliphatic rings. The Labute approximate surface area is 740 Å². The van der Waals surface area contributed by atoms with Crippen LogP contribution in [-0.4, -0.2) is 83.2 Å². The molecule has 0 spiro atoms. The zero-order valence-corrected chi connectivity index (χ0v) is 66.4. The van der Waals surface area contributed by atoms with E-state index >= 15 is 0 Å². The van der Waals surface area contributed by atoms with Crippen LogP contribution in [-0.2, 0) is 0 Å². The smallest absolute Gasteiger partial charge is 0.388 e. The molecule has 2 saturated carbocycles. The van der Waals surface area contributed by atoms with Crippen LogP contribution >= 0.6 is 0 Å². The summed E-state index contributed by atoms with van der Waals surface area (Å²) >= 11 is 0. The number of halogens is 4. The van der Waals surface area contributed by atoms with Crippen molar-refractivity contribution in [2.45, 2.75) is 76.7 Å². The van der Waals surface area contributed by atoms with Gasteiger partial charge in [-0.3, -0.25) is 10.1 Å². The molecule has 6 heterocycles. The minimum Gasteiger partial charge on any atom is -0.415 e. The van der Waals surface area contributed by atoms with Gasteiger partial charge in [0, 0.05) is 333 Å². The normalized spacial score (nSPS) is 11.1. The monoisotopic (exact) mass is 1650 g/mol. The van der Waals surface area contributed by atoms with Crippen LogP contribution in [0.1, 0.15) is 51.4 Å². The van der Waals surface area contributed by atoms with Crippen LogP contribution in [0.25, 0.3) is 21.8 Å². The molecule has 128 heavy (non-hydrogen) atoms. The van der Waals surface area contributed by atoms with Gasteiger partial charge in [-0.15, -0.1) is 12.8 Å². The minimum absolute atomic E-state index is 0.145. The third kappa shape index (κ3) is 45.1. The van der Waals surface area contributed by atoms with Crippen molar-refractivity contribution in [2.75, 3.05) is 40.1 Å². The highest BCUT2D eigenvalue weighted by Gasteiger charge is 2.24. The summed E-state index contributed by atoms with van der Waals surface area (Å²) in [5.74, 6) is 161. The Hall–Kier alpha value is -21.5. The van der Waals surface area contributed by atoms with E-state index in [1.165, 1.54) is 24.8 Å². The fraction of sp³-hybridized carbons (Fsp3) is 0.151. The summed E-state index contributed by atoms with van der Waals surface area (Å²) in [5, 5.41) is 25.2. The number of fused-ring (bicyclic) bond motifs is 2. The second-order valence-corrected chi connectivity index (χ2v) is 22.9. The second kappa shape index (κ2) is 62.7. The van der Waals surface area contributed by atoms with E-state index in [0.717, 1.165) is 57.9 Å². The van der Waals surface area contributed by atoms with E-state index in [9.17, 15) is 27.7 Å². The molecule has 2 aliphatic carbocycles. The fourth-order valence-corrected chi connectivity index (χ4v) is 9.34. The number of nitrogens with one attached hydrogen (secondary N) is 4. The van der Waals surface area contributed by atoms with Gasteiger partial charge >= 0.3 is 18.9 Å². The summed E-state index contributed by atoms with van der Waals surface area (Å²) in [5.41, 5.74) is 6.60. The van der Waals surface area contributed by atoms with E-state index in [1.54, 1.807) is 30.6 Å². The van der Waals surface area contributed by atoms with Gasteiger partial charge < -0.3 is 36.5 Å². The number of hydrogen-bond donors (Lipinski definition) is 5. The summed E-state index contributed by atoms with van der Waals surface area (Å²) < 4.78 is 59.5. The van der Waals surface area contributed by atoms with Gasteiger partial charge in [0.2, 0.25) is 23.7 Å². The maximum atomic E-state index is 12.6. The highest BCUT2D eigenvalue weighted by Crippen LogP contribution is 2.31. The summed E-state index contributed by atoms with van der Waals surface area (Å²) in [4.78, 5) is 43.0. The molecular formula is C106H46F4N14O4. The quantitative estimate of drug-likeness (QED) is 0.0283. The number of nitrogens with zero attached hydrogens (tertiary/aromatic N) is 9. The van der Waals surface area contributed by atoms with Crippen molar-refractivity contribution in [3.8, 4) is 404 Å². The van der Waals surface area contributed by atoms with Gasteiger partial charge in [0.15, 0.2) is 0 Å². The van der Waals surface area contributed by atoms with E-state index < -0.39 is 18.1 Å². The van der Waals surface area contributed by atoms with Crippen molar-refractivity contribution in [1.82, 2.24) is 39.9 Å². The highest BCUT2D eigenvalue weighted by atomic mass is 19.3. The molecular weight excluding hydrogens is 1610 g/mol. The van der Waals surface area contributed by atoms with Gasteiger partial charge in [0.05, 0.1) is 23.0 Å². The number of rotatable bonds is 15. The molecule has 6 aromatic rings. The Balaban J connectivity index is 0.000000332. The van der Waals surface area contributed by atoms with Crippen molar-refractivity contribution in [3.63, 3.8) is 0 Å². The molecule has 18 nitrogen and oxygen atoms in total. The van der Waals surface area contributed by atoms with Gasteiger partial charge in [0.25, 0.3) is 0 Å². The third-order valence-corrected chi connectivity index (χ3v) is 14.5. The Morgan fingerprint density at radius 1 is 0.344 bits per heavy atom. The number of nitrogen functional groups attached to an aromatic ring is 1. The fourth-order valence-electron chi connectivity index (χ4n) is 9.34. The third-order valence-electron chi connectivity index (χ3n) is 14.5. The maximum absolute atomic E-state index is 12.6. The lowest BCUT2D eigenvalue weighted by Gasteiger charge is -2.29. The molecule has 0 atom stereocenters. The first kappa shape index (κ1) is 95.3. The van der Waals surface area contributed by atoms with Crippen molar-refractivity contribution < 1.29 is 32.0 Å². The lowest BCUT2D eigenvalue weighted by Crippen LogP contribution is -2.29. The Kier molecular flexibility index (Phi) is 46.7. The van der Waals surface area contributed by atoms with Crippen LogP contribution in [0, 0.1) is 414 Å². The summed E-state index contributed by atoms with van der Waals surface area (Å²) in [6.45, 7) is -4.42. The van der Waals surface area contributed by atoms with Crippen LogP contribution in [0.3, 0.4) is 0 Å². The molecule has 8 rings (SSSR count). The molecule has 592 valence electrons. The molecule has 22 heteroatoms. The minimum atomic E-state index is -2.97. The summed E-state index contributed by atoms with van der Waals surface area (Å²) in [7, 11) is 0. The number of nitro groups is 1. The lowest BCUT2D eigenvalue weighted by molar-refractivity contribution is -0.385. The van der Waals surface area contributed by atoms with Gasteiger partial charge in [0.1, 0.15) is 35.1 Å². The van der Waals surface area contributed by atoms with E-state index in [0.29, 0.717) is 69.4 Å². The maximum Gasteiger partial charge on any atom is 0.388 e. The first-order chi connectivity index (χ1) is 63.0. The number of ether oxygens (including phenoxy) is 2.